The number of nitrogen functional groups attached to an aromatic ring is 1. The van der Waals surface area contributed by atoms with Gasteiger partial charge in [-0.2, -0.15) is 0 Å². The lowest BCUT2D eigenvalue weighted by atomic mass is 9.98. The van der Waals surface area contributed by atoms with Crippen molar-refractivity contribution in [2.45, 2.75) is 45.2 Å². The van der Waals surface area contributed by atoms with Crippen LogP contribution in [0.15, 0.2) is 54.6 Å². The first-order valence-corrected chi connectivity index (χ1v) is 14.3. The topological polar surface area (TPSA) is 124 Å². The third-order valence-electron chi connectivity index (χ3n) is 7.46. The van der Waals surface area contributed by atoms with Gasteiger partial charge in [-0.1, -0.05) is 24.3 Å². The highest BCUT2D eigenvalue weighted by molar-refractivity contribution is 7.92. The van der Waals surface area contributed by atoms with Crippen LogP contribution < -0.4 is 14.8 Å². The molecule has 1 unspecified atom stereocenters. The minimum Gasteiger partial charge on any atom is -0.491 e. The number of anilines is 1. The molecule has 1 fully saturated rings. The van der Waals surface area contributed by atoms with Crippen LogP contribution in [-0.4, -0.2) is 49.9 Å². The predicted molar refractivity (Wildman–Crippen MR) is 148 cm³/mol. The summed E-state index contributed by atoms with van der Waals surface area (Å²) < 4.78 is 34.2. The van der Waals surface area contributed by atoms with Crippen molar-refractivity contribution in [1.82, 2.24) is 4.90 Å². The fourth-order valence-electron chi connectivity index (χ4n) is 5.51. The highest BCUT2D eigenvalue weighted by Crippen LogP contribution is 2.44. The van der Waals surface area contributed by atoms with Crippen molar-refractivity contribution in [3.05, 3.63) is 71.3 Å². The Labute approximate surface area is 218 Å². The first-order valence-electron chi connectivity index (χ1n) is 12.7. The maximum Gasteiger partial charge on any atom is 0.235 e. The number of amidine groups is 2. The average Bonchev–Trinajstić information content (AvgIpc) is 3.51. The van der Waals surface area contributed by atoms with Crippen LogP contribution in [0.25, 0.3) is 10.8 Å². The Hall–Kier alpha value is -3.59. The highest BCUT2D eigenvalue weighted by Gasteiger charge is 2.38. The molecule has 0 bridgehead atoms. The summed E-state index contributed by atoms with van der Waals surface area (Å²) in [5, 5.41) is 17.7. The first-order chi connectivity index (χ1) is 17.7. The minimum absolute atomic E-state index is 0.000192. The number of ether oxygens (including phenoxy) is 1. The molecule has 0 radical (unpaired) electrons. The van der Waals surface area contributed by atoms with Crippen LogP contribution in [0.4, 0.5) is 5.69 Å². The molecule has 8 nitrogen and oxygen atoms in total. The van der Waals surface area contributed by atoms with E-state index < -0.39 is 10.0 Å². The molecular weight excluding hydrogens is 486 g/mol. The number of rotatable bonds is 7. The van der Waals surface area contributed by atoms with Gasteiger partial charge >= 0.3 is 0 Å². The molecule has 2 heterocycles. The molecule has 0 spiro atoms. The molecule has 37 heavy (non-hydrogen) atoms. The largest absolute Gasteiger partial charge is 0.491 e. The standard InChI is InChI=1S/C28H33N5O3S/c1-3-37(34,35)33-26-11-10-25(36-17-24-5-4-12-32(24)18(2)29)15-23(26)16-27(33)20-8-6-19-7-9-21(28(30)31)14-22(19)13-20/h6-11,13-15,24,27,29H,3-5,12,16-17H2,1-2H3,(H3,30,31)/t24-,27?/m1/s1. The number of nitrogens with one attached hydrogen (secondary N) is 2. The number of hydrogen-bond acceptors (Lipinski definition) is 5. The molecule has 4 N–H and O–H groups in total. The Bertz CT molecular complexity index is 1490. The van der Waals surface area contributed by atoms with Crippen LogP contribution in [0.2, 0.25) is 0 Å². The van der Waals surface area contributed by atoms with E-state index in [4.69, 9.17) is 21.3 Å². The van der Waals surface area contributed by atoms with Gasteiger partial charge in [0.25, 0.3) is 0 Å². The third kappa shape index (κ3) is 4.75. The zero-order valence-electron chi connectivity index (χ0n) is 21.2. The number of benzene rings is 3. The SMILES string of the molecule is CCS(=O)(=O)N1c2ccc(OC[C@H]3CCCN3C(C)=N)cc2CC1c1ccc2ccc(C(=N)N)cc2c1. The minimum atomic E-state index is -3.53. The van der Waals surface area contributed by atoms with E-state index in [9.17, 15) is 8.42 Å². The van der Waals surface area contributed by atoms with Crippen LogP contribution >= 0.6 is 0 Å². The molecule has 0 amide bonds. The second kappa shape index (κ2) is 9.70. The Kier molecular flexibility index (Phi) is 6.58. The van der Waals surface area contributed by atoms with E-state index in [2.05, 4.69) is 4.90 Å². The third-order valence-corrected chi connectivity index (χ3v) is 9.24. The van der Waals surface area contributed by atoms with Gasteiger partial charge in [0.05, 0.1) is 29.4 Å². The summed E-state index contributed by atoms with van der Waals surface area (Å²) in [7, 11) is -3.53. The van der Waals surface area contributed by atoms with E-state index in [0.29, 0.717) is 35.9 Å². The van der Waals surface area contributed by atoms with Crippen molar-refractivity contribution >= 4 is 38.2 Å². The van der Waals surface area contributed by atoms with Crippen molar-refractivity contribution in [3.8, 4) is 5.75 Å². The van der Waals surface area contributed by atoms with Crippen molar-refractivity contribution in [2.75, 3.05) is 23.2 Å². The molecule has 2 aliphatic rings. The van der Waals surface area contributed by atoms with E-state index in [1.807, 2.05) is 61.5 Å². The molecule has 3 aromatic rings. The van der Waals surface area contributed by atoms with Crippen LogP contribution in [0, 0.1) is 10.8 Å². The maximum absolute atomic E-state index is 13.3. The molecule has 0 saturated carbocycles. The van der Waals surface area contributed by atoms with Gasteiger partial charge in [0.15, 0.2) is 0 Å². The second-order valence-corrected chi connectivity index (χ2v) is 12.0. The summed E-state index contributed by atoms with van der Waals surface area (Å²) in [6, 6.07) is 17.1. The van der Waals surface area contributed by atoms with Crippen LogP contribution in [-0.2, 0) is 16.4 Å². The van der Waals surface area contributed by atoms with Crippen LogP contribution in [0.3, 0.4) is 0 Å². The molecule has 2 atom stereocenters. The summed E-state index contributed by atoms with van der Waals surface area (Å²) >= 11 is 0. The van der Waals surface area contributed by atoms with Gasteiger partial charge in [-0.3, -0.25) is 15.1 Å². The summed E-state index contributed by atoms with van der Waals surface area (Å²) in [6.07, 6.45) is 2.59. The molecule has 5 rings (SSSR count). The van der Waals surface area contributed by atoms with Gasteiger partial charge in [-0.15, -0.1) is 0 Å². The predicted octanol–water partition coefficient (Wildman–Crippen LogP) is 4.42. The normalized spacial score (nSPS) is 19.3. The number of likely N-dealkylation sites (tertiary alicyclic amines) is 1. The molecule has 1 saturated heterocycles. The number of fused-ring (bicyclic) bond motifs is 2. The number of nitrogens with zero attached hydrogens (tertiary/aromatic N) is 2. The van der Waals surface area contributed by atoms with Crippen molar-refractivity contribution in [3.63, 3.8) is 0 Å². The monoisotopic (exact) mass is 519 g/mol. The van der Waals surface area contributed by atoms with Gasteiger partial charge in [-0.25, -0.2) is 8.42 Å². The van der Waals surface area contributed by atoms with Gasteiger partial charge in [0, 0.05) is 18.5 Å². The fourth-order valence-corrected chi connectivity index (χ4v) is 6.85. The van der Waals surface area contributed by atoms with Gasteiger partial charge < -0.3 is 15.4 Å². The number of nitrogens with two attached hydrogens (primary N) is 1. The highest BCUT2D eigenvalue weighted by atomic mass is 32.2. The molecule has 0 aliphatic carbocycles. The fraction of sp³-hybridized carbons (Fsp3) is 0.357. The van der Waals surface area contributed by atoms with Crippen LogP contribution in [0.5, 0.6) is 5.75 Å². The lowest BCUT2D eigenvalue weighted by molar-refractivity contribution is 0.226. The summed E-state index contributed by atoms with van der Waals surface area (Å²) in [5.41, 5.74) is 8.85. The summed E-state index contributed by atoms with van der Waals surface area (Å²) in [5.74, 6) is 1.28. The van der Waals surface area contributed by atoms with Crippen molar-refractivity contribution < 1.29 is 13.2 Å². The Morgan fingerprint density at radius 3 is 2.59 bits per heavy atom. The van der Waals surface area contributed by atoms with E-state index in [0.717, 1.165) is 41.3 Å². The first kappa shape index (κ1) is 25.1. The quantitative estimate of drug-likeness (QED) is 0.315. The zero-order valence-corrected chi connectivity index (χ0v) is 22.0. The molecule has 3 aromatic carbocycles. The Balaban J connectivity index is 1.46. The van der Waals surface area contributed by atoms with E-state index in [1.54, 1.807) is 11.2 Å². The van der Waals surface area contributed by atoms with E-state index in [1.165, 1.54) is 0 Å². The number of sulfonamides is 1. The lowest BCUT2D eigenvalue weighted by Gasteiger charge is -2.27. The molecule has 194 valence electrons. The Morgan fingerprint density at radius 2 is 1.86 bits per heavy atom. The van der Waals surface area contributed by atoms with Gasteiger partial charge in [0.2, 0.25) is 10.0 Å². The second-order valence-electron chi connectivity index (χ2n) is 9.83. The number of hydrogen-bond donors (Lipinski definition) is 3. The van der Waals surface area contributed by atoms with E-state index >= 15 is 0 Å². The average molecular weight is 520 g/mol. The lowest BCUT2D eigenvalue weighted by Crippen LogP contribution is -2.37. The molecule has 0 aromatic heterocycles. The summed E-state index contributed by atoms with van der Waals surface area (Å²) in [6.45, 7) is 4.86. The van der Waals surface area contributed by atoms with Gasteiger partial charge in [-0.05, 0) is 78.9 Å². The smallest absolute Gasteiger partial charge is 0.235 e. The Morgan fingerprint density at radius 1 is 1.08 bits per heavy atom. The maximum atomic E-state index is 13.3. The molecule has 9 heteroatoms. The van der Waals surface area contributed by atoms with Crippen molar-refractivity contribution in [2.24, 2.45) is 5.73 Å². The van der Waals surface area contributed by atoms with E-state index in [-0.39, 0.29) is 23.7 Å². The van der Waals surface area contributed by atoms with Crippen molar-refractivity contribution in [1.29, 1.82) is 10.8 Å². The molecular formula is C28H33N5O3S. The van der Waals surface area contributed by atoms with Gasteiger partial charge in [0.1, 0.15) is 18.2 Å². The summed E-state index contributed by atoms with van der Waals surface area (Å²) in [4.78, 5) is 2.08. The molecule has 2 aliphatic heterocycles. The van der Waals surface area contributed by atoms with Crippen LogP contribution in [0.1, 0.15) is 49.4 Å². The zero-order chi connectivity index (χ0) is 26.3.